The number of benzene rings is 2. The predicted molar refractivity (Wildman–Crippen MR) is 168 cm³/mol. The fraction of sp³-hybridized carbons (Fsp3) is 0.387. The van der Waals surface area contributed by atoms with Crippen molar-refractivity contribution in [3.8, 4) is 11.5 Å². The van der Waals surface area contributed by atoms with Gasteiger partial charge in [0.15, 0.2) is 11.5 Å². The fourth-order valence-electron chi connectivity index (χ4n) is 5.16. The molecule has 1 aliphatic rings. The maximum absolute atomic E-state index is 13.6. The molecule has 230 valence electrons. The Balaban J connectivity index is 1.68. The van der Waals surface area contributed by atoms with E-state index in [1.54, 1.807) is 11.0 Å². The second-order valence-corrected chi connectivity index (χ2v) is 11.3. The molecule has 0 bridgehead atoms. The summed E-state index contributed by atoms with van der Waals surface area (Å²) in [5, 5.41) is 24.7. The number of carbonyl (C=O) groups excluding carboxylic acids is 3. The van der Waals surface area contributed by atoms with Crippen molar-refractivity contribution in [2.75, 3.05) is 40.5 Å². The molecule has 0 spiro atoms. The monoisotopic (exact) mass is 705 g/mol. The highest BCUT2D eigenvalue weighted by molar-refractivity contribution is 14.1. The average molecular weight is 706 g/mol. The quantitative estimate of drug-likeness (QED) is 0.148. The summed E-state index contributed by atoms with van der Waals surface area (Å²) in [4.78, 5) is 43.0. The molecule has 0 aliphatic heterocycles. The van der Waals surface area contributed by atoms with Gasteiger partial charge in [-0.05, 0) is 58.3 Å². The van der Waals surface area contributed by atoms with E-state index in [1.165, 1.54) is 26.4 Å². The molecule has 1 heterocycles. The van der Waals surface area contributed by atoms with Crippen LogP contribution in [0, 0.1) is 3.57 Å². The van der Waals surface area contributed by atoms with E-state index in [4.69, 9.17) is 14.2 Å². The van der Waals surface area contributed by atoms with Crippen LogP contribution in [-0.2, 0) is 20.7 Å². The fourth-order valence-corrected chi connectivity index (χ4v) is 5.91. The summed E-state index contributed by atoms with van der Waals surface area (Å²) < 4.78 is 17.5. The number of H-pyrrole nitrogens is 1. The second kappa shape index (κ2) is 15.3. The van der Waals surface area contributed by atoms with Gasteiger partial charge in [-0.3, -0.25) is 14.4 Å². The molecule has 0 saturated heterocycles. The van der Waals surface area contributed by atoms with Gasteiger partial charge in [0, 0.05) is 55.4 Å². The van der Waals surface area contributed by atoms with Gasteiger partial charge in [-0.25, -0.2) is 0 Å². The number of nitrogens with one attached hydrogen (secondary N) is 2. The van der Waals surface area contributed by atoms with Crippen LogP contribution in [0.5, 0.6) is 11.5 Å². The number of amides is 2. The van der Waals surface area contributed by atoms with E-state index in [-0.39, 0.29) is 50.8 Å². The number of aromatic amines is 1. The Labute approximate surface area is 263 Å². The number of aromatic nitrogens is 1. The number of carbonyl (C=O) groups is 3. The van der Waals surface area contributed by atoms with E-state index < -0.39 is 24.2 Å². The van der Waals surface area contributed by atoms with Crippen molar-refractivity contribution in [2.45, 2.75) is 37.5 Å². The van der Waals surface area contributed by atoms with Crippen LogP contribution >= 0.6 is 22.6 Å². The van der Waals surface area contributed by atoms with Gasteiger partial charge in [-0.2, -0.15) is 0 Å². The molecule has 3 aromatic rings. The van der Waals surface area contributed by atoms with Crippen molar-refractivity contribution in [3.05, 3.63) is 68.9 Å². The number of para-hydroxylation sites is 1. The first kappa shape index (κ1) is 32.5. The van der Waals surface area contributed by atoms with Gasteiger partial charge in [0.05, 0.1) is 36.4 Å². The number of halogens is 1. The first-order valence-electron chi connectivity index (χ1n) is 13.9. The van der Waals surface area contributed by atoms with Crippen LogP contribution in [0.15, 0.2) is 54.1 Å². The molecule has 2 aromatic carbocycles. The molecular formula is C31H36IN3O8. The Morgan fingerprint density at radius 1 is 1.21 bits per heavy atom. The summed E-state index contributed by atoms with van der Waals surface area (Å²) in [5.41, 5.74) is 2.61. The maximum atomic E-state index is 13.6. The standard InChI is InChI=1S/C31H36IN3O8/c1-41-12-8-28(38)35(10-7-22-15-20-5-3-4-6-24(20)34-22)25-16-21(31(40)33-9-11-36)17-26(29(25)39)43-30-23(32)13-19(18-37)14-27(30)42-2/h3-6,13-15,17-18,25-26,29,34,36,39H,7-12,16H2,1-2H3,(H,33,40). The number of aliphatic hydroxyl groups excluding tert-OH is 2. The van der Waals surface area contributed by atoms with E-state index in [2.05, 4.69) is 10.3 Å². The van der Waals surface area contributed by atoms with Gasteiger partial charge >= 0.3 is 0 Å². The van der Waals surface area contributed by atoms with Crippen LogP contribution in [0.1, 0.15) is 28.9 Å². The summed E-state index contributed by atoms with van der Waals surface area (Å²) in [6, 6.07) is 12.2. The van der Waals surface area contributed by atoms with Gasteiger partial charge in [0.1, 0.15) is 18.5 Å². The highest BCUT2D eigenvalue weighted by Gasteiger charge is 2.40. The van der Waals surface area contributed by atoms with Crippen LogP contribution in [0.25, 0.3) is 10.9 Å². The zero-order chi connectivity index (χ0) is 30.9. The Kier molecular flexibility index (Phi) is 11.6. The molecule has 1 aliphatic carbocycles. The van der Waals surface area contributed by atoms with Crippen molar-refractivity contribution >= 4 is 51.6 Å². The van der Waals surface area contributed by atoms with Crippen molar-refractivity contribution in [1.29, 1.82) is 0 Å². The molecule has 2 amide bonds. The molecule has 11 nitrogen and oxygen atoms in total. The molecule has 0 radical (unpaired) electrons. The van der Waals surface area contributed by atoms with E-state index in [9.17, 15) is 24.6 Å². The highest BCUT2D eigenvalue weighted by atomic mass is 127. The predicted octanol–water partition coefficient (Wildman–Crippen LogP) is 2.62. The van der Waals surface area contributed by atoms with E-state index in [0.29, 0.717) is 33.2 Å². The summed E-state index contributed by atoms with van der Waals surface area (Å²) in [7, 11) is 2.95. The average Bonchev–Trinajstić information content (AvgIpc) is 3.44. The van der Waals surface area contributed by atoms with Crippen molar-refractivity contribution in [2.24, 2.45) is 0 Å². The lowest BCUT2D eigenvalue weighted by Gasteiger charge is -2.40. The lowest BCUT2D eigenvalue weighted by atomic mass is 9.87. The second-order valence-electron chi connectivity index (χ2n) is 10.1. The Hall–Kier alpha value is -3.46. The van der Waals surface area contributed by atoms with E-state index in [0.717, 1.165) is 16.6 Å². The Bertz CT molecular complexity index is 1440. The minimum atomic E-state index is -1.21. The summed E-state index contributed by atoms with van der Waals surface area (Å²) >= 11 is 2.01. The first-order chi connectivity index (χ1) is 20.8. The van der Waals surface area contributed by atoms with Crippen LogP contribution in [0.2, 0.25) is 0 Å². The molecular weight excluding hydrogens is 669 g/mol. The van der Waals surface area contributed by atoms with Gasteiger partial charge in [0.2, 0.25) is 11.8 Å². The molecule has 4 N–H and O–H groups in total. The number of ether oxygens (including phenoxy) is 3. The van der Waals surface area contributed by atoms with Crippen LogP contribution in [0.3, 0.4) is 0 Å². The maximum Gasteiger partial charge on any atom is 0.247 e. The third-order valence-corrected chi connectivity index (χ3v) is 8.11. The molecule has 0 fully saturated rings. The van der Waals surface area contributed by atoms with Crippen LogP contribution in [-0.4, -0.2) is 97.0 Å². The molecule has 43 heavy (non-hydrogen) atoms. The van der Waals surface area contributed by atoms with Gasteiger partial charge < -0.3 is 39.6 Å². The molecule has 4 rings (SSSR count). The number of rotatable bonds is 14. The number of aldehydes is 1. The zero-order valence-corrected chi connectivity index (χ0v) is 26.2. The van der Waals surface area contributed by atoms with Gasteiger partial charge in [-0.1, -0.05) is 18.2 Å². The number of fused-ring (bicyclic) bond motifs is 1. The van der Waals surface area contributed by atoms with Crippen LogP contribution in [0.4, 0.5) is 0 Å². The minimum absolute atomic E-state index is 0.0463. The Morgan fingerprint density at radius 3 is 2.70 bits per heavy atom. The number of hydrogen-bond acceptors (Lipinski definition) is 8. The number of nitrogens with zero attached hydrogens (tertiary/aromatic N) is 1. The first-order valence-corrected chi connectivity index (χ1v) is 15.0. The topological polar surface area (TPSA) is 150 Å². The van der Waals surface area contributed by atoms with E-state index >= 15 is 0 Å². The molecule has 0 saturated carbocycles. The molecule has 3 atom stereocenters. The SMILES string of the molecule is COCCC(=O)N(CCc1cc2ccccc2[nH]1)C1CC(C(=O)NCCO)=CC(Oc2c(I)cc(C=O)cc2OC)C1O. The van der Waals surface area contributed by atoms with Crippen LogP contribution < -0.4 is 14.8 Å². The number of hydrogen-bond donors (Lipinski definition) is 4. The number of methoxy groups -OCH3 is 2. The third-order valence-electron chi connectivity index (χ3n) is 7.30. The van der Waals surface area contributed by atoms with E-state index in [1.807, 2.05) is 52.9 Å². The van der Waals surface area contributed by atoms with Crippen molar-refractivity contribution < 1.29 is 38.8 Å². The smallest absolute Gasteiger partial charge is 0.247 e. The lowest BCUT2D eigenvalue weighted by Crippen LogP contribution is -2.55. The summed E-state index contributed by atoms with van der Waals surface area (Å²) in [6.45, 7) is 0.271. The van der Waals surface area contributed by atoms with Gasteiger partial charge in [-0.15, -0.1) is 0 Å². The Morgan fingerprint density at radius 2 is 2.00 bits per heavy atom. The zero-order valence-electron chi connectivity index (χ0n) is 24.0. The summed E-state index contributed by atoms with van der Waals surface area (Å²) in [6.07, 6.45) is 0.622. The van der Waals surface area contributed by atoms with Gasteiger partial charge in [0.25, 0.3) is 0 Å². The summed E-state index contributed by atoms with van der Waals surface area (Å²) in [5.74, 6) is -0.0901. The lowest BCUT2D eigenvalue weighted by molar-refractivity contribution is -0.139. The third kappa shape index (κ3) is 7.93. The molecule has 1 aromatic heterocycles. The highest BCUT2D eigenvalue weighted by Crippen LogP contribution is 2.37. The number of aliphatic hydroxyl groups is 2. The normalized spacial score (nSPS) is 18.2. The van der Waals surface area contributed by atoms with Crippen molar-refractivity contribution in [3.63, 3.8) is 0 Å². The molecule has 12 heteroatoms. The largest absolute Gasteiger partial charge is 0.493 e. The minimum Gasteiger partial charge on any atom is -0.493 e. The van der Waals surface area contributed by atoms with Crippen molar-refractivity contribution in [1.82, 2.24) is 15.2 Å². The molecule has 3 unspecified atom stereocenters.